The molecule has 0 spiro atoms. The number of amides is 1. The summed E-state index contributed by atoms with van der Waals surface area (Å²) in [6, 6.07) is 1.78. The Kier molecular flexibility index (Phi) is 3.41. The summed E-state index contributed by atoms with van der Waals surface area (Å²) >= 11 is 1.49. The monoisotopic (exact) mass is 237 g/mol. The quantitative estimate of drug-likeness (QED) is 0.789. The molecule has 0 radical (unpaired) electrons. The molecular weight excluding hydrogens is 222 g/mol. The predicted octanol–water partition coefficient (Wildman–Crippen LogP) is 1.95. The maximum absolute atomic E-state index is 11.7. The fraction of sp³-hybridized carbons (Fsp3) is 0.417. The van der Waals surface area contributed by atoms with E-state index < -0.39 is 5.60 Å². The molecule has 0 aliphatic heterocycles. The topological polar surface area (TPSA) is 49.3 Å². The van der Waals surface area contributed by atoms with Gasteiger partial charge in [0, 0.05) is 10.9 Å². The second-order valence-electron chi connectivity index (χ2n) is 4.09. The number of rotatable bonds is 3. The van der Waals surface area contributed by atoms with Gasteiger partial charge in [-0.05, 0) is 30.7 Å². The number of carbonyl (C=O) groups excluding carboxylic acids is 1. The molecular formula is C12H15NO2S. The van der Waals surface area contributed by atoms with Crippen molar-refractivity contribution in [2.24, 2.45) is 0 Å². The maximum Gasteiger partial charge on any atom is 0.252 e. The summed E-state index contributed by atoms with van der Waals surface area (Å²) in [6.07, 6.45) is 6.47. The van der Waals surface area contributed by atoms with E-state index in [1.54, 1.807) is 17.5 Å². The van der Waals surface area contributed by atoms with Gasteiger partial charge in [-0.15, -0.1) is 0 Å². The Morgan fingerprint density at radius 3 is 3.12 bits per heavy atom. The van der Waals surface area contributed by atoms with Crippen molar-refractivity contribution >= 4 is 17.2 Å². The molecule has 16 heavy (non-hydrogen) atoms. The van der Waals surface area contributed by atoms with Gasteiger partial charge in [-0.3, -0.25) is 4.79 Å². The Morgan fingerprint density at radius 1 is 1.62 bits per heavy atom. The third kappa shape index (κ3) is 2.71. The van der Waals surface area contributed by atoms with Gasteiger partial charge in [0.15, 0.2) is 0 Å². The van der Waals surface area contributed by atoms with Gasteiger partial charge in [-0.1, -0.05) is 12.2 Å². The van der Waals surface area contributed by atoms with Gasteiger partial charge in [-0.25, -0.2) is 0 Å². The molecule has 1 amide bonds. The summed E-state index contributed by atoms with van der Waals surface area (Å²) in [4.78, 5) is 11.7. The Bertz CT molecular complexity index is 386. The molecule has 2 rings (SSSR count). The van der Waals surface area contributed by atoms with E-state index in [-0.39, 0.29) is 12.5 Å². The van der Waals surface area contributed by atoms with Crippen molar-refractivity contribution in [1.29, 1.82) is 0 Å². The van der Waals surface area contributed by atoms with Crippen LogP contribution in [0.2, 0.25) is 0 Å². The van der Waals surface area contributed by atoms with Gasteiger partial charge >= 0.3 is 0 Å². The molecule has 86 valence electrons. The van der Waals surface area contributed by atoms with E-state index in [0.717, 1.165) is 12.8 Å². The summed E-state index contributed by atoms with van der Waals surface area (Å²) in [6.45, 7) is 0.290. The highest BCUT2D eigenvalue weighted by Gasteiger charge is 2.25. The van der Waals surface area contributed by atoms with Crippen LogP contribution in [0.4, 0.5) is 0 Å². The van der Waals surface area contributed by atoms with E-state index in [1.165, 1.54) is 11.3 Å². The molecule has 0 aromatic carbocycles. The number of allylic oxidation sites excluding steroid dienone is 1. The molecule has 0 unspecified atom stereocenters. The first-order valence-corrected chi connectivity index (χ1v) is 6.34. The molecule has 1 aliphatic carbocycles. The first kappa shape index (κ1) is 11.4. The van der Waals surface area contributed by atoms with Crippen LogP contribution in [0.3, 0.4) is 0 Å². The highest BCUT2D eigenvalue weighted by Crippen LogP contribution is 2.21. The summed E-state index contributed by atoms with van der Waals surface area (Å²) in [5, 5.41) is 16.5. The van der Waals surface area contributed by atoms with Crippen molar-refractivity contribution in [3.63, 3.8) is 0 Å². The lowest BCUT2D eigenvalue weighted by atomic mass is 9.91. The van der Waals surface area contributed by atoms with Gasteiger partial charge in [-0.2, -0.15) is 11.3 Å². The molecule has 1 heterocycles. The second-order valence-corrected chi connectivity index (χ2v) is 4.87. The van der Waals surface area contributed by atoms with Crippen molar-refractivity contribution < 1.29 is 9.90 Å². The predicted molar refractivity (Wildman–Crippen MR) is 64.6 cm³/mol. The van der Waals surface area contributed by atoms with Crippen molar-refractivity contribution in [2.45, 2.75) is 24.9 Å². The largest absolute Gasteiger partial charge is 0.384 e. The number of hydrogen-bond donors (Lipinski definition) is 2. The number of aliphatic hydroxyl groups is 1. The lowest BCUT2D eigenvalue weighted by Crippen LogP contribution is -2.42. The van der Waals surface area contributed by atoms with Crippen LogP contribution in [0.1, 0.15) is 29.6 Å². The molecule has 0 bridgehead atoms. The van der Waals surface area contributed by atoms with Gasteiger partial charge in [0.25, 0.3) is 5.91 Å². The van der Waals surface area contributed by atoms with Crippen LogP contribution in [0, 0.1) is 0 Å². The third-order valence-electron chi connectivity index (χ3n) is 2.75. The molecule has 1 atom stereocenters. The van der Waals surface area contributed by atoms with E-state index in [4.69, 9.17) is 0 Å². The van der Waals surface area contributed by atoms with Crippen LogP contribution in [0.25, 0.3) is 0 Å². The van der Waals surface area contributed by atoms with Crippen LogP contribution in [0.5, 0.6) is 0 Å². The Hall–Kier alpha value is -1.13. The highest BCUT2D eigenvalue weighted by molar-refractivity contribution is 7.08. The summed E-state index contributed by atoms with van der Waals surface area (Å²) in [5.74, 6) is -0.117. The highest BCUT2D eigenvalue weighted by atomic mass is 32.1. The van der Waals surface area contributed by atoms with Crippen molar-refractivity contribution in [3.8, 4) is 0 Å². The summed E-state index contributed by atoms with van der Waals surface area (Å²) in [5.41, 5.74) is -0.197. The van der Waals surface area contributed by atoms with E-state index in [2.05, 4.69) is 5.32 Å². The smallest absolute Gasteiger partial charge is 0.252 e. The van der Waals surface area contributed by atoms with Gasteiger partial charge in [0.2, 0.25) is 0 Å². The third-order valence-corrected chi connectivity index (χ3v) is 3.43. The minimum atomic E-state index is -0.857. The van der Waals surface area contributed by atoms with Gasteiger partial charge < -0.3 is 10.4 Å². The fourth-order valence-corrected chi connectivity index (χ4v) is 2.42. The van der Waals surface area contributed by atoms with Crippen molar-refractivity contribution in [2.75, 3.05) is 6.54 Å². The molecule has 0 saturated carbocycles. The Labute approximate surface area is 98.8 Å². The molecule has 1 aliphatic rings. The molecule has 4 heteroatoms. The molecule has 1 aromatic heterocycles. The minimum absolute atomic E-state index is 0.117. The van der Waals surface area contributed by atoms with Crippen LogP contribution in [-0.4, -0.2) is 23.2 Å². The lowest BCUT2D eigenvalue weighted by molar-refractivity contribution is 0.0660. The normalized spacial score (nSPS) is 24.3. The van der Waals surface area contributed by atoms with Crippen LogP contribution < -0.4 is 5.32 Å². The first-order valence-electron chi connectivity index (χ1n) is 5.40. The molecule has 0 fully saturated rings. The SMILES string of the molecule is O=C(NC[C@@]1(O)C=CCCC1)c1ccsc1. The first-order chi connectivity index (χ1) is 7.70. The number of nitrogens with one attached hydrogen (secondary N) is 1. The molecule has 3 nitrogen and oxygen atoms in total. The van der Waals surface area contributed by atoms with E-state index in [1.807, 2.05) is 11.5 Å². The average molecular weight is 237 g/mol. The zero-order valence-electron chi connectivity index (χ0n) is 8.98. The Morgan fingerprint density at radius 2 is 2.50 bits per heavy atom. The van der Waals surface area contributed by atoms with Crippen molar-refractivity contribution in [1.82, 2.24) is 5.32 Å². The molecule has 1 aromatic rings. The van der Waals surface area contributed by atoms with Crippen LogP contribution in [0.15, 0.2) is 29.0 Å². The fourth-order valence-electron chi connectivity index (χ4n) is 1.79. The van der Waals surface area contributed by atoms with E-state index >= 15 is 0 Å². The second kappa shape index (κ2) is 4.80. The molecule has 0 saturated heterocycles. The van der Waals surface area contributed by atoms with Crippen LogP contribution >= 0.6 is 11.3 Å². The number of hydrogen-bond acceptors (Lipinski definition) is 3. The Balaban J connectivity index is 1.90. The van der Waals surface area contributed by atoms with Gasteiger partial charge in [0.1, 0.15) is 0 Å². The lowest BCUT2D eigenvalue weighted by Gasteiger charge is -2.27. The van der Waals surface area contributed by atoms with E-state index in [0.29, 0.717) is 12.0 Å². The zero-order valence-corrected chi connectivity index (χ0v) is 9.80. The van der Waals surface area contributed by atoms with Gasteiger partial charge in [0.05, 0.1) is 12.1 Å². The maximum atomic E-state index is 11.7. The van der Waals surface area contributed by atoms with E-state index in [9.17, 15) is 9.90 Å². The van der Waals surface area contributed by atoms with Crippen molar-refractivity contribution in [3.05, 3.63) is 34.5 Å². The number of thiophene rings is 1. The molecule has 2 N–H and O–H groups in total. The standard InChI is InChI=1S/C12H15NO2S/c14-11(10-4-7-16-8-10)13-9-12(15)5-2-1-3-6-12/h2,4-5,7-8,15H,1,3,6,9H2,(H,13,14)/t12-/m1/s1. The summed E-state index contributed by atoms with van der Waals surface area (Å²) in [7, 11) is 0. The average Bonchev–Trinajstić information content (AvgIpc) is 2.80. The number of carbonyl (C=O) groups is 1. The zero-order chi connectivity index (χ0) is 11.4. The minimum Gasteiger partial charge on any atom is -0.384 e. The summed E-state index contributed by atoms with van der Waals surface area (Å²) < 4.78 is 0. The van der Waals surface area contributed by atoms with Crippen LogP contribution in [-0.2, 0) is 0 Å².